The molecule has 2 aromatic rings. The number of aryl methyl sites for hydroxylation is 1. The number of aliphatic carboxylic acids is 1. The number of nitrogens with zero attached hydrogens (tertiary/aromatic N) is 2. The van der Waals surface area contributed by atoms with Crippen LogP contribution in [0.1, 0.15) is 30.1 Å². The van der Waals surface area contributed by atoms with Crippen LogP contribution in [0.25, 0.3) is 0 Å². The fraction of sp³-hybridized carbons (Fsp3) is 0.308. The van der Waals surface area contributed by atoms with Crippen molar-refractivity contribution >= 4 is 17.6 Å². The summed E-state index contributed by atoms with van der Waals surface area (Å²) in [7, 11) is 0. The van der Waals surface area contributed by atoms with Crippen LogP contribution < -0.4 is 0 Å². The van der Waals surface area contributed by atoms with Gasteiger partial charge in [0.05, 0.1) is 5.02 Å². The van der Waals surface area contributed by atoms with Gasteiger partial charge in [-0.2, -0.15) is 4.98 Å². The Kier molecular flexibility index (Phi) is 4.68. The van der Waals surface area contributed by atoms with Crippen LogP contribution in [0.2, 0.25) is 5.02 Å². The highest BCUT2D eigenvalue weighted by atomic mass is 35.5. The van der Waals surface area contributed by atoms with Gasteiger partial charge in [0, 0.05) is 19.3 Å². The van der Waals surface area contributed by atoms with Crippen LogP contribution >= 0.6 is 11.6 Å². The Hall–Kier alpha value is -1.95. The Morgan fingerprint density at radius 2 is 2.25 bits per heavy atom. The summed E-state index contributed by atoms with van der Waals surface area (Å²) in [5.74, 6) is -0.669. The second-order valence-electron chi connectivity index (χ2n) is 4.24. The van der Waals surface area contributed by atoms with E-state index in [0.29, 0.717) is 30.1 Å². The molecular weight excluding hydrogens is 287 g/mol. The maximum Gasteiger partial charge on any atom is 0.303 e. The van der Waals surface area contributed by atoms with E-state index in [-0.39, 0.29) is 17.9 Å². The molecule has 2 rings (SSSR count). The first-order valence-corrected chi connectivity index (χ1v) is 6.40. The Morgan fingerprint density at radius 1 is 1.45 bits per heavy atom. The van der Waals surface area contributed by atoms with Crippen molar-refractivity contribution in [2.75, 3.05) is 0 Å². The third-order valence-corrected chi connectivity index (χ3v) is 2.96. The fourth-order valence-corrected chi connectivity index (χ4v) is 1.90. The highest BCUT2D eigenvalue weighted by Crippen LogP contribution is 2.19. The summed E-state index contributed by atoms with van der Waals surface area (Å²) in [5.41, 5.74) is 0.385. The van der Waals surface area contributed by atoms with Crippen LogP contribution in [0.3, 0.4) is 0 Å². The van der Waals surface area contributed by atoms with E-state index in [2.05, 4.69) is 10.1 Å². The standard InChI is InChI=1S/C13H12ClFN2O3/c14-9-4-1-3-8(13(9)15)7-10-16-11(20-17-10)5-2-6-12(18)19/h1,3-4H,2,5-7H2,(H,18,19). The monoisotopic (exact) mass is 298 g/mol. The molecule has 0 saturated heterocycles. The van der Waals surface area contributed by atoms with Gasteiger partial charge in [-0.3, -0.25) is 4.79 Å². The summed E-state index contributed by atoms with van der Waals surface area (Å²) in [4.78, 5) is 14.5. The van der Waals surface area contributed by atoms with Gasteiger partial charge in [0.2, 0.25) is 5.89 Å². The minimum absolute atomic E-state index is 0.0423. The predicted octanol–water partition coefficient (Wildman–Crippen LogP) is 2.86. The number of hydrogen-bond acceptors (Lipinski definition) is 4. The van der Waals surface area contributed by atoms with Gasteiger partial charge in [0.15, 0.2) is 5.82 Å². The second kappa shape index (κ2) is 6.47. The molecule has 1 heterocycles. The van der Waals surface area contributed by atoms with Gasteiger partial charge in [-0.25, -0.2) is 4.39 Å². The molecule has 106 valence electrons. The van der Waals surface area contributed by atoms with E-state index in [0.717, 1.165) is 0 Å². The summed E-state index contributed by atoms with van der Waals surface area (Å²) in [6, 6.07) is 4.71. The van der Waals surface area contributed by atoms with Gasteiger partial charge in [0.1, 0.15) is 5.82 Å². The molecule has 0 unspecified atom stereocenters. The number of benzene rings is 1. The van der Waals surface area contributed by atoms with Gasteiger partial charge in [0.25, 0.3) is 0 Å². The van der Waals surface area contributed by atoms with Gasteiger partial charge < -0.3 is 9.63 Å². The molecule has 1 N–H and O–H groups in total. The van der Waals surface area contributed by atoms with Crippen molar-refractivity contribution < 1.29 is 18.8 Å². The van der Waals surface area contributed by atoms with Crippen molar-refractivity contribution in [1.29, 1.82) is 0 Å². The molecular formula is C13H12ClFN2O3. The maximum absolute atomic E-state index is 13.7. The number of halogens is 2. The zero-order valence-electron chi connectivity index (χ0n) is 10.5. The summed E-state index contributed by atoms with van der Waals surface area (Å²) < 4.78 is 18.7. The Bertz CT molecular complexity index is 615. The van der Waals surface area contributed by atoms with Gasteiger partial charge >= 0.3 is 5.97 Å². The molecule has 1 aromatic heterocycles. The van der Waals surface area contributed by atoms with Crippen molar-refractivity contribution in [3.05, 3.63) is 46.3 Å². The molecule has 5 nitrogen and oxygen atoms in total. The lowest BCUT2D eigenvalue weighted by molar-refractivity contribution is -0.137. The molecule has 0 aliphatic carbocycles. The van der Waals surface area contributed by atoms with Crippen LogP contribution in [-0.4, -0.2) is 21.2 Å². The van der Waals surface area contributed by atoms with Crippen molar-refractivity contribution in [1.82, 2.24) is 10.1 Å². The van der Waals surface area contributed by atoms with Crippen LogP contribution in [-0.2, 0) is 17.6 Å². The number of carbonyl (C=O) groups is 1. The number of aromatic nitrogens is 2. The molecule has 0 radical (unpaired) electrons. The third kappa shape index (κ3) is 3.77. The van der Waals surface area contributed by atoms with E-state index >= 15 is 0 Å². The maximum atomic E-state index is 13.7. The minimum atomic E-state index is -0.870. The summed E-state index contributed by atoms with van der Waals surface area (Å²) in [5, 5.41) is 12.3. The van der Waals surface area contributed by atoms with Crippen LogP contribution in [0.4, 0.5) is 4.39 Å². The smallest absolute Gasteiger partial charge is 0.303 e. The van der Waals surface area contributed by atoms with E-state index < -0.39 is 11.8 Å². The molecule has 0 saturated carbocycles. The van der Waals surface area contributed by atoms with Crippen molar-refractivity contribution in [3.63, 3.8) is 0 Å². The molecule has 0 aliphatic heterocycles. The fourth-order valence-electron chi connectivity index (χ4n) is 1.71. The number of carboxylic acids is 1. The Labute approximate surface area is 119 Å². The Balaban J connectivity index is 1.99. The van der Waals surface area contributed by atoms with Crippen molar-refractivity contribution in [2.24, 2.45) is 0 Å². The normalized spacial score (nSPS) is 10.7. The third-order valence-electron chi connectivity index (χ3n) is 2.67. The number of hydrogen-bond donors (Lipinski definition) is 1. The second-order valence-corrected chi connectivity index (χ2v) is 4.65. The largest absolute Gasteiger partial charge is 0.481 e. The predicted molar refractivity (Wildman–Crippen MR) is 69.1 cm³/mol. The zero-order valence-corrected chi connectivity index (χ0v) is 11.2. The molecule has 0 atom stereocenters. The first kappa shape index (κ1) is 14.5. The first-order valence-electron chi connectivity index (χ1n) is 6.02. The van der Waals surface area contributed by atoms with Gasteiger partial charge in [-0.1, -0.05) is 28.9 Å². The van der Waals surface area contributed by atoms with Crippen LogP contribution in [0, 0.1) is 5.82 Å². The van der Waals surface area contributed by atoms with Crippen LogP contribution in [0.15, 0.2) is 22.7 Å². The molecule has 20 heavy (non-hydrogen) atoms. The average Bonchev–Trinajstić information content (AvgIpc) is 2.82. The lowest BCUT2D eigenvalue weighted by Gasteiger charge is -2.00. The first-order chi connectivity index (χ1) is 9.56. The molecule has 0 aliphatic rings. The molecule has 1 aromatic carbocycles. The summed E-state index contributed by atoms with van der Waals surface area (Å²) >= 11 is 5.69. The van der Waals surface area contributed by atoms with Crippen LogP contribution in [0.5, 0.6) is 0 Å². The number of rotatable bonds is 6. The molecule has 0 bridgehead atoms. The zero-order chi connectivity index (χ0) is 14.5. The van der Waals surface area contributed by atoms with Crippen molar-refractivity contribution in [3.8, 4) is 0 Å². The Morgan fingerprint density at radius 3 is 3.00 bits per heavy atom. The van der Waals surface area contributed by atoms with E-state index in [1.165, 1.54) is 6.07 Å². The number of carboxylic acid groups (broad SMARTS) is 1. The van der Waals surface area contributed by atoms with E-state index in [4.69, 9.17) is 21.2 Å². The molecule has 7 heteroatoms. The van der Waals surface area contributed by atoms with Gasteiger partial charge in [-0.05, 0) is 18.1 Å². The molecule has 0 spiro atoms. The summed E-state index contributed by atoms with van der Waals surface area (Å²) in [6.07, 6.45) is 1.02. The quantitative estimate of drug-likeness (QED) is 0.887. The average molecular weight is 299 g/mol. The SMILES string of the molecule is O=C(O)CCCc1nc(Cc2cccc(Cl)c2F)no1. The minimum Gasteiger partial charge on any atom is -0.481 e. The van der Waals surface area contributed by atoms with Gasteiger partial charge in [-0.15, -0.1) is 0 Å². The lowest BCUT2D eigenvalue weighted by atomic mass is 10.1. The van der Waals surface area contributed by atoms with E-state index in [1.54, 1.807) is 12.1 Å². The molecule has 0 amide bonds. The highest BCUT2D eigenvalue weighted by molar-refractivity contribution is 6.30. The topological polar surface area (TPSA) is 76.2 Å². The van der Waals surface area contributed by atoms with E-state index in [9.17, 15) is 9.18 Å². The summed E-state index contributed by atoms with van der Waals surface area (Å²) in [6.45, 7) is 0. The molecule has 0 fully saturated rings. The highest BCUT2D eigenvalue weighted by Gasteiger charge is 2.12. The van der Waals surface area contributed by atoms with Crippen molar-refractivity contribution in [2.45, 2.75) is 25.7 Å². The lowest BCUT2D eigenvalue weighted by Crippen LogP contribution is -1.97. The van der Waals surface area contributed by atoms with E-state index in [1.807, 2.05) is 0 Å².